The number of benzene rings is 3. The number of ether oxygens (including phenoxy) is 4. The predicted molar refractivity (Wildman–Crippen MR) is 134 cm³/mol. The number of carbonyl (C=O) groups is 1. The van der Waals surface area contributed by atoms with Crippen LogP contribution in [-0.4, -0.2) is 47.0 Å². The highest BCUT2D eigenvalue weighted by Gasteiger charge is 2.19. The van der Waals surface area contributed by atoms with Crippen LogP contribution in [0.25, 0.3) is 28.2 Å². The van der Waals surface area contributed by atoms with Gasteiger partial charge in [-0.25, -0.2) is 9.78 Å². The first-order chi connectivity index (χ1) is 18.0. The minimum absolute atomic E-state index is 0.141. The maximum atomic E-state index is 12.7. The van der Waals surface area contributed by atoms with E-state index < -0.39 is 5.97 Å². The molecule has 37 heavy (non-hydrogen) atoms. The van der Waals surface area contributed by atoms with Gasteiger partial charge in [0.25, 0.3) is 5.89 Å². The molecule has 0 aliphatic rings. The highest BCUT2D eigenvalue weighted by molar-refractivity contribution is 5.94. The Morgan fingerprint density at radius 1 is 0.919 bits per heavy atom. The number of methoxy groups -OCH3 is 3. The summed E-state index contributed by atoms with van der Waals surface area (Å²) < 4.78 is 29.2. The van der Waals surface area contributed by atoms with Crippen LogP contribution in [0, 0.1) is 6.92 Å². The molecule has 0 atom stereocenters. The first kappa shape index (κ1) is 23.9. The van der Waals surface area contributed by atoms with Crippen LogP contribution in [0.2, 0.25) is 0 Å². The van der Waals surface area contributed by atoms with Gasteiger partial charge in [-0.2, -0.15) is 0 Å². The molecule has 0 bridgehead atoms. The molecule has 2 aromatic heterocycles. The van der Waals surface area contributed by atoms with Gasteiger partial charge >= 0.3 is 5.97 Å². The molecule has 5 aromatic rings. The van der Waals surface area contributed by atoms with Crippen molar-refractivity contribution in [1.29, 1.82) is 0 Å². The average molecular weight is 501 g/mol. The maximum absolute atomic E-state index is 12.7. The highest BCUT2D eigenvalue weighted by atomic mass is 16.5. The number of nitrogens with zero attached hydrogens (tertiary/aromatic N) is 4. The molecule has 0 fully saturated rings. The summed E-state index contributed by atoms with van der Waals surface area (Å²) in [5.74, 6) is 1.99. The van der Waals surface area contributed by atoms with E-state index >= 15 is 0 Å². The van der Waals surface area contributed by atoms with Crippen molar-refractivity contribution >= 4 is 17.0 Å². The van der Waals surface area contributed by atoms with Gasteiger partial charge in [0.15, 0.2) is 18.1 Å². The van der Waals surface area contributed by atoms with Gasteiger partial charge in [0.1, 0.15) is 5.82 Å². The Morgan fingerprint density at radius 3 is 2.32 bits per heavy atom. The van der Waals surface area contributed by atoms with Crippen molar-refractivity contribution in [1.82, 2.24) is 19.7 Å². The molecule has 0 amide bonds. The third-order valence-corrected chi connectivity index (χ3v) is 5.78. The Morgan fingerprint density at radius 2 is 1.65 bits per heavy atom. The van der Waals surface area contributed by atoms with E-state index in [2.05, 4.69) is 15.2 Å². The second kappa shape index (κ2) is 10.0. The summed E-state index contributed by atoms with van der Waals surface area (Å²) in [7, 11) is 4.56. The molecule has 0 aliphatic carbocycles. The topological polar surface area (TPSA) is 111 Å². The van der Waals surface area contributed by atoms with Crippen molar-refractivity contribution in [3.8, 4) is 34.4 Å². The first-order valence-electron chi connectivity index (χ1n) is 11.4. The summed E-state index contributed by atoms with van der Waals surface area (Å²) >= 11 is 0. The molecule has 0 saturated heterocycles. The van der Waals surface area contributed by atoms with E-state index in [0.29, 0.717) is 33.9 Å². The van der Waals surface area contributed by atoms with Gasteiger partial charge in [-0.15, -0.1) is 10.2 Å². The molecule has 0 N–H and O–H groups in total. The van der Waals surface area contributed by atoms with Crippen molar-refractivity contribution in [3.63, 3.8) is 0 Å². The van der Waals surface area contributed by atoms with Gasteiger partial charge in [0.05, 0.1) is 37.9 Å². The van der Waals surface area contributed by atoms with Crippen molar-refractivity contribution < 1.29 is 28.2 Å². The molecule has 0 unspecified atom stereocenters. The number of hydrogen-bond donors (Lipinski definition) is 0. The van der Waals surface area contributed by atoms with Crippen LogP contribution in [0.5, 0.6) is 17.2 Å². The van der Waals surface area contributed by atoms with Crippen LogP contribution in [0.1, 0.15) is 22.1 Å². The second-order valence-electron chi connectivity index (χ2n) is 8.02. The van der Waals surface area contributed by atoms with E-state index in [1.165, 1.54) is 21.3 Å². The fourth-order valence-electron chi connectivity index (χ4n) is 4.07. The summed E-state index contributed by atoms with van der Waals surface area (Å²) in [4.78, 5) is 17.4. The lowest BCUT2D eigenvalue weighted by Gasteiger charge is -2.12. The molecule has 188 valence electrons. The number of hydrogen-bond acceptors (Lipinski definition) is 9. The molecular weight excluding hydrogens is 476 g/mol. The van der Waals surface area contributed by atoms with Crippen LogP contribution in [0.4, 0.5) is 0 Å². The molecule has 3 aromatic carbocycles. The summed E-state index contributed by atoms with van der Waals surface area (Å²) in [6.07, 6.45) is 0. The predicted octanol–water partition coefficient (Wildman–Crippen LogP) is 4.77. The monoisotopic (exact) mass is 500 g/mol. The number of esters is 1. The van der Waals surface area contributed by atoms with Gasteiger partial charge in [0, 0.05) is 11.3 Å². The number of para-hydroxylation sites is 1. The average Bonchev–Trinajstić information content (AvgIpc) is 3.54. The number of aromatic nitrogens is 4. The third-order valence-electron chi connectivity index (χ3n) is 5.78. The van der Waals surface area contributed by atoms with Gasteiger partial charge in [-0.3, -0.25) is 4.57 Å². The fourth-order valence-corrected chi connectivity index (χ4v) is 4.07. The van der Waals surface area contributed by atoms with E-state index in [9.17, 15) is 4.79 Å². The Balaban J connectivity index is 1.32. The van der Waals surface area contributed by atoms with Crippen LogP contribution in [0.15, 0.2) is 65.1 Å². The molecular formula is C27H24N4O6. The quantitative estimate of drug-likeness (QED) is 0.278. The van der Waals surface area contributed by atoms with Crippen molar-refractivity contribution in [3.05, 3.63) is 77.9 Å². The van der Waals surface area contributed by atoms with Gasteiger partial charge in [0.2, 0.25) is 11.6 Å². The second-order valence-corrected chi connectivity index (χ2v) is 8.02. The zero-order valence-corrected chi connectivity index (χ0v) is 20.7. The lowest BCUT2D eigenvalue weighted by Crippen LogP contribution is -2.05. The van der Waals surface area contributed by atoms with Crippen molar-refractivity contribution in [2.24, 2.45) is 0 Å². The van der Waals surface area contributed by atoms with E-state index in [4.69, 9.17) is 23.4 Å². The Hall–Kier alpha value is -4.86. The SMILES string of the molecule is COc1cc(-c2nnc(COC(=O)c3ccc4c(c3)nc(C)n4-c3ccccc3)o2)cc(OC)c1OC. The molecule has 2 heterocycles. The van der Waals surface area contributed by atoms with E-state index in [0.717, 1.165) is 17.0 Å². The zero-order valence-electron chi connectivity index (χ0n) is 20.7. The number of carbonyl (C=O) groups excluding carboxylic acids is 1. The molecule has 0 radical (unpaired) electrons. The minimum atomic E-state index is -0.527. The third kappa shape index (κ3) is 4.56. The van der Waals surface area contributed by atoms with E-state index in [1.54, 1.807) is 24.3 Å². The summed E-state index contributed by atoms with van der Waals surface area (Å²) in [5.41, 5.74) is 3.52. The van der Waals surface area contributed by atoms with E-state index in [1.807, 2.05) is 47.9 Å². The number of aryl methyl sites for hydroxylation is 1. The van der Waals surface area contributed by atoms with Gasteiger partial charge < -0.3 is 23.4 Å². The van der Waals surface area contributed by atoms with Crippen molar-refractivity contribution in [2.75, 3.05) is 21.3 Å². The van der Waals surface area contributed by atoms with Gasteiger partial charge in [-0.1, -0.05) is 18.2 Å². The summed E-state index contributed by atoms with van der Waals surface area (Å²) in [5, 5.41) is 8.04. The highest BCUT2D eigenvalue weighted by Crippen LogP contribution is 2.40. The Kier molecular flexibility index (Phi) is 6.46. The normalized spacial score (nSPS) is 10.9. The standard InChI is InChI=1S/C27H24N4O6/c1-16-28-20-12-17(10-11-21(20)31(16)19-8-6-5-7-9-19)27(32)36-15-24-29-30-26(37-24)18-13-22(33-2)25(35-4)23(14-18)34-3/h5-14H,15H2,1-4H3. The maximum Gasteiger partial charge on any atom is 0.338 e. The molecule has 0 aliphatic heterocycles. The van der Waals surface area contributed by atoms with Crippen LogP contribution in [-0.2, 0) is 11.3 Å². The number of rotatable bonds is 8. The van der Waals surface area contributed by atoms with Crippen molar-refractivity contribution in [2.45, 2.75) is 13.5 Å². The molecule has 5 rings (SSSR count). The first-order valence-corrected chi connectivity index (χ1v) is 11.4. The lowest BCUT2D eigenvalue weighted by atomic mass is 10.2. The molecule has 10 heteroatoms. The van der Waals surface area contributed by atoms with Crippen LogP contribution < -0.4 is 14.2 Å². The lowest BCUT2D eigenvalue weighted by molar-refractivity contribution is 0.0439. The summed E-state index contributed by atoms with van der Waals surface area (Å²) in [6.45, 7) is 1.73. The smallest absolute Gasteiger partial charge is 0.338 e. The number of imidazole rings is 1. The van der Waals surface area contributed by atoms with Crippen LogP contribution >= 0.6 is 0 Å². The fraction of sp³-hybridized carbons (Fsp3) is 0.185. The summed E-state index contributed by atoms with van der Waals surface area (Å²) in [6, 6.07) is 18.6. The molecule has 0 saturated carbocycles. The minimum Gasteiger partial charge on any atom is -0.493 e. The van der Waals surface area contributed by atoms with Crippen LogP contribution in [0.3, 0.4) is 0 Å². The Bertz CT molecular complexity index is 1550. The Labute approximate surface area is 212 Å². The largest absolute Gasteiger partial charge is 0.493 e. The molecule has 0 spiro atoms. The zero-order chi connectivity index (χ0) is 25.9. The van der Waals surface area contributed by atoms with Gasteiger partial charge in [-0.05, 0) is 49.4 Å². The molecule has 10 nitrogen and oxygen atoms in total. The van der Waals surface area contributed by atoms with E-state index in [-0.39, 0.29) is 18.4 Å². The number of fused-ring (bicyclic) bond motifs is 1.